The molecule has 22 heavy (non-hydrogen) atoms. The van der Waals surface area contributed by atoms with Gasteiger partial charge in [-0.2, -0.15) is 0 Å². The summed E-state index contributed by atoms with van der Waals surface area (Å²) >= 11 is 0. The molecule has 0 atom stereocenters. The summed E-state index contributed by atoms with van der Waals surface area (Å²) in [5, 5.41) is 0. The van der Waals surface area contributed by atoms with E-state index in [2.05, 4.69) is 11.8 Å². The first-order valence-electron chi connectivity index (χ1n) is 7.81. The molecule has 1 fully saturated rings. The lowest BCUT2D eigenvalue weighted by Gasteiger charge is -2.47. The smallest absolute Gasteiger partial charge is 0.207 e. The minimum atomic E-state index is -1.01. The van der Waals surface area contributed by atoms with E-state index in [9.17, 15) is 4.79 Å². The zero-order valence-electron chi connectivity index (χ0n) is 13.6. The van der Waals surface area contributed by atoms with Gasteiger partial charge >= 0.3 is 0 Å². The molecule has 3 nitrogen and oxygen atoms in total. The number of ether oxygens (including phenoxy) is 2. The largest absolute Gasteiger partial charge is 0.345 e. The summed E-state index contributed by atoms with van der Waals surface area (Å²) in [5.41, 5.74) is 0.124. The Morgan fingerprint density at radius 3 is 2.45 bits per heavy atom. The fraction of sp³-hybridized carbons (Fsp3) is 0.526. The molecule has 1 saturated heterocycles. The number of hydrogen-bond acceptors (Lipinski definition) is 3. The van der Waals surface area contributed by atoms with Crippen LogP contribution in [0, 0.1) is 17.3 Å². The van der Waals surface area contributed by atoms with Gasteiger partial charge in [-0.25, -0.2) is 0 Å². The standard InChI is InChI=1S/C19H24O3/c1-4-5-7-13-17(20)18(2,3)19(21-14-10-15-22-19)16-11-8-6-9-12-16/h6,8-9,11-12H,7,10,13-15H2,1-3H3. The summed E-state index contributed by atoms with van der Waals surface area (Å²) in [4.78, 5) is 12.8. The van der Waals surface area contributed by atoms with Crippen LogP contribution in [0.4, 0.5) is 0 Å². The molecule has 0 spiro atoms. The first kappa shape index (κ1) is 16.7. The molecule has 0 aliphatic carbocycles. The molecule has 1 aliphatic rings. The first-order valence-corrected chi connectivity index (χ1v) is 7.81. The SMILES string of the molecule is CC#CCCC(=O)C(C)(C)C1(c2ccccc2)OCCCO1. The van der Waals surface area contributed by atoms with E-state index in [4.69, 9.17) is 9.47 Å². The molecule has 0 radical (unpaired) electrons. The molecule has 0 amide bonds. The van der Waals surface area contributed by atoms with Gasteiger partial charge in [0.2, 0.25) is 5.79 Å². The van der Waals surface area contributed by atoms with Crippen LogP contribution in [0.1, 0.15) is 45.6 Å². The fourth-order valence-electron chi connectivity index (χ4n) is 2.88. The van der Waals surface area contributed by atoms with Crippen LogP contribution in [0.5, 0.6) is 0 Å². The summed E-state index contributed by atoms with van der Waals surface area (Å²) in [6.45, 7) is 6.80. The summed E-state index contributed by atoms with van der Waals surface area (Å²) in [6.07, 6.45) is 1.83. The van der Waals surface area contributed by atoms with Gasteiger partial charge in [0.1, 0.15) is 5.78 Å². The second-order valence-electron chi connectivity index (χ2n) is 6.01. The number of rotatable bonds is 5. The molecule has 0 N–H and O–H groups in total. The van der Waals surface area contributed by atoms with Crippen molar-refractivity contribution < 1.29 is 14.3 Å². The van der Waals surface area contributed by atoms with Crippen LogP contribution < -0.4 is 0 Å². The van der Waals surface area contributed by atoms with E-state index >= 15 is 0 Å². The average molecular weight is 300 g/mol. The first-order chi connectivity index (χ1) is 10.5. The van der Waals surface area contributed by atoms with Gasteiger partial charge in [0.15, 0.2) is 0 Å². The maximum Gasteiger partial charge on any atom is 0.207 e. The van der Waals surface area contributed by atoms with Crippen molar-refractivity contribution in [3.8, 4) is 11.8 Å². The predicted molar refractivity (Wildman–Crippen MR) is 86.1 cm³/mol. The van der Waals surface area contributed by atoms with Gasteiger partial charge in [-0.05, 0) is 27.2 Å². The molecule has 2 rings (SSSR count). The molecule has 1 aliphatic heterocycles. The molecule has 0 bridgehead atoms. The van der Waals surface area contributed by atoms with Gasteiger partial charge in [0.05, 0.1) is 18.6 Å². The van der Waals surface area contributed by atoms with E-state index in [1.807, 2.05) is 44.2 Å². The second kappa shape index (κ2) is 7.09. The molecule has 3 heteroatoms. The highest BCUT2D eigenvalue weighted by Gasteiger charge is 2.54. The second-order valence-corrected chi connectivity index (χ2v) is 6.01. The van der Waals surface area contributed by atoms with E-state index in [-0.39, 0.29) is 5.78 Å². The van der Waals surface area contributed by atoms with Gasteiger partial charge in [-0.15, -0.1) is 11.8 Å². The topological polar surface area (TPSA) is 35.5 Å². The molecular formula is C19H24O3. The zero-order valence-corrected chi connectivity index (χ0v) is 13.6. The van der Waals surface area contributed by atoms with Crippen LogP contribution in [0.15, 0.2) is 30.3 Å². The number of benzene rings is 1. The minimum Gasteiger partial charge on any atom is -0.345 e. The summed E-state index contributed by atoms with van der Waals surface area (Å²) in [6, 6.07) is 9.77. The van der Waals surface area contributed by atoms with Crippen molar-refractivity contribution >= 4 is 5.78 Å². The Morgan fingerprint density at radius 2 is 1.86 bits per heavy atom. The number of hydrogen-bond donors (Lipinski definition) is 0. The third kappa shape index (κ3) is 3.09. The van der Waals surface area contributed by atoms with Crippen LogP contribution in [-0.2, 0) is 20.1 Å². The van der Waals surface area contributed by atoms with E-state index < -0.39 is 11.2 Å². The minimum absolute atomic E-state index is 0.112. The lowest BCUT2D eigenvalue weighted by atomic mass is 9.73. The van der Waals surface area contributed by atoms with Gasteiger partial charge in [-0.1, -0.05) is 30.3 Å². The number of carbonyl (C=O) groups excluding carboxylic acids is 1. The molecule has 1 heterocycles. The van der Waals surface area contributed by atoms with Crippen molar-refractivity contribution in [2.24, 2.45) is 5.41 Å². The Balaban J connectivity index is 2.35. The maximum atomic E-state index is 12.8. The van der Waals surface area contributed by atoms with Crippen molar-refractivity contribution in [3.63, 3.8) is 0 Å². The van der Waals surface area contributed by atoms with E-state index in [1.165, 1.54) is 0 Å². The molecule has 1 aromatic rings. The van der Waals surface area contributed by atoms with Crippen LogP contribution in [0.2, 0.25) is 0 Å². The van der Waals surface area contributed by atoms with Crippen molar-refractivity contribution in [1.29, 1.82) is 0 Å². The molecule has 0 saturated carbocycles. The summed E-state index contributed by atoms with van der Waals surface area (Å²) in [7, 11) is 0. The Kier molecular flexibility index (Phi) is 5.39. The summed E-state index contributed by atoms with van der Waals surface area (Å²) < 4.78 is 12.1. The maximum absolute atomic E-state index is 12.8. The quantitative estimate of drug-likeness (QED) is 0.778. The number of ketones is 1. The zero-order chi connectivity index (χ0) is 16.1. The highest BCUT2D eigenvalue weighted by atomic mass is 16.7. The third-order valence-electron chi connectivity index (χ3n) is 4.23. The van der Waals surface area contributed by atoms with E-state index in [0.29, 0.717) is 26.1 Å². The highest BCUT2D eigenvalue weighted by Crippen LogP contribution is 2.47. The van der Waals surface area contributed by atoms with Gasteiger partial charge in [-0.3, -0.25) is 4.79 Å². The van der Waals surface area contributed by atoms with Crippen molar-refractivity contribution in [2.45, 2.75) is 45.8 Å². The average Bonchev–Trinajstić information content (AvgIpc) is 2.56. The van der Waals surface area contributed by atoms with Crippen LogP contribution in [0.25, 0.3) is 0 Å². The van der Waals surface area contributed by atoms with E-state index in [0.717, 1.165) is 12.0 Å². The highest BCUT2D eigenvalue weighted by molar-refractivity contribution is 5.85. The molecule has 118 valence electrons. The van der Waals surface area contributed by atoms with Crippen molar-refractivity contribution in [3.05, 3.63) is 35.9 Å². The molecular weight excluding hydrogens is 276 g/mol. The van der Waals surface area contributed by atoms with Crippen LogP contribution >= 0.6 is 0 Å². The Bertz CT molecular complexity index is 557. The van der Waals surface area contributed by atoms with Gasteiger partial charge < -0.3 is 9.47 Å². The number of carbonyl (C=O) groups is 1. The van der Waals surface area contributed by atoms with E-state index in [1.54, 1.807) is 6.92 Å². The third-order valence-corrected chi connectivity index (χ3v) is 4.23. The lowest BCUT2D eigenvalue weighted by Crippen LogP contribution is -2.53. The molecule has 0 unspecified atom stereocenters. The fourth-order valence-corrected chi connectivity index (χ4v) is 2.88. The monoisotopic (exact) mass is 300 g/mol. The molecule has 1 aromatic carbocycles. The predicted octanol–water partition coefficient (Wildman–Crippen LogP) is 3.68. The Hall–Kier alpha value is -1.63. The Labute approximate surface area is 133 Å². The van der Waals surface area contributed by atoms with Gasteiger partial charge in [0.25, 0.3) is 0 Å². The van der Waals surface area contributed by atoms with Gasteiger partial charge in [0, 0.05) is 18.4 Å². The van der Waals surface area contributed by atoms with Crippen LogP contribution in [0.3, 0.4) is 0 Å². The molecule has 0 aromatic heterocycles. The normalized spacial score (nSPS) is 17.4. The lowest BCUT2D eigenvalue weighted by molar-refractivity contribution is -0.319. The van der Waals surface area contributed by atoms with Crippen molar-refractivity contribution in [2.75, 3.05) is 13.2 Å². The van der Waals surface area contributed by atoms with Crippen molar-refractivity contribution in [1.82, 2.24) is 0 Å². The van der Waals surface area contributed by atoms with Crippen LogP contribution in [-0.4, -0.2) is 19.0 Å². The summed E-state index contributed by atoms with van der Waals surface area (Å²) in [5.74, 6) is 4.89. The number of Topliss-reactive ketones (excluding diaryl/α,β-unsaturated/α-hetero) is 1. The Morgan fingerprint density at radius 1 is 1.23 bits per heavy atom.